The van der Waals surface area contributed by atoms with Gasteiger partial charge in [-0.15, -0.1) is 0 Å². The second-order valence-corrected chi connectivity index (χ2v) is 7.46. The van der Waals surface area contributed by atoms with Crippen LogP contribution in [0.1, 0.15) is 23.6 Å². The molecule has 2 nitrogen and oxygen atoms in total. The summed E-state index contributed by atoms with van der Waals surface area (Å²) in [6.45, 7) is 0. The molecule has 1 atom stereocenters. The number of hydrazone groups is 1. The monoisotopic (exact) mass is 418 g/mol. The Morgan fingerprint density at radius 1 is 0.889 bits per heavy atom. The molecule has 1 aliphatic heterocycles. The number of nitrogens with zero attached hydrogens (tertiary/aromatic N) is 2. The summed E-state index contributed by atoms with van der Waals surface area (Å²) < 4.78 is 13.3. The van der Waals surface area contributed by atoms with E-state index in [1.807, 2.05) is 41.4 Å². The van der Waals surface area contributed by atoms with Crippen LogP contribution >= 0.6 is 34.8 Å². The first-order valence-corrected chi connectivity index (χ1v) is 9.48. The molecule has 0 N–H and O–H groups in total. The van der Waals surface area contributed by atoms with Crippen molar-refractivity contribution in [2.75, 3.05) is 5.01 Å². The summed E-state index contributed by atoms with van der Waals surface area (Å²) in [5, 5.41) is 8.25. The quantitative estimate of drug-likeness (QED) is 0.440. The van der Waals surface area contributed by atoms with E-state index in [9.17, 15) is 4.39 Å². The number of hydrogen-bond donors (Lipinski definition) is 0. The zero-order chi connectivity index (χ0) is 19.0. The van der Waals surface area contributed by atoms with Crippen LogP contribution in [0.2, 0.25) is 15.1 Å². The lowest BCUT2D eigenvalue weighted by Crippen LogP contribution is -2.18. The molecule has 0 saturated carbocycles. The van der Waals surface area contributed by atoms with Crippen LogP contribution < -0.4 is 5.01 Å². The van der Waals surface area contributed by atoms with Gasteiger partial charge in [-0.25, -0.2) is 4.39 Å². The number of rotatable bonds is 3. The highest BCUT2D eigenvalue weighted by atomic mass is 35.5. The van der Waals surface area contributed by atoms with Gasteiger partial charge in [-0.2, -0.15) is 5.10 Å². The molecule has 3 aromatic carbocycles. The third kappa shape index (κ3) is 3.68. The predicted molar refractivity (Wildman–Crippen MR) is 111 cm³/mol. The highest BCUT2D eigenvalue weighted by Gasteiger charge is 2.31. The second kappa shape index (κ2) is 7.51. The van der Waals surface area contributed by atoms with E-state index in [2.05, 4.69) is 0 Å². The van der Waals surface area contributed by atoms with Gasteiger partial charge < -0.3 is 0 Å². The van der Waals surface area contributed by atoms with Crippen LogP contribution in [-0.4, -0.2) is 5.71 Å². The van der Waals surface area contributed by atoms with Crippen LogP contribution in [0.3, 0.4) is 0 Å². The first-order valence-electron chi connectivity index (χ1n) is 8.35. The van der Waals surface area contributed by atoms with Crippen molar-refractivity contribution in [2.45, 2.75) is 12.5 Å². The fourth-order valence-electron chi connectivity index (χ4n) is 3.16. The van der Waals surface area contributed by atoms with Crippen molar-refractivity contribution >= 4 is 46.2 Å². The Morgan fingerprint density at radius 3 is 2.30 bits per heavy atom. The van der Waals surface area contributed by atoms with Crippen LogP contribution in [0, 0.1) is 5.82 Å². The molecule has 0 bridgehead atoms. The molecule has 0 amide bonds. The minimum atomic E-state index is -0.277. The van der Waals surface area contributed by atoms with Crippen LogP contribution in [0.15, 0.2) is 71.8 Å². The average molecular weight is 420 g/mol. The normalized spacial score (nSPS) is 16.5. The molecule has 0 aliphatic carbocycles. The van der Waals surface area contributed by atoms with Gasteiger partial charge in [0.1, 0.15) is 5.82 Å². The summed E-state index contributed by atoms with van der Waals surface area (Å²) >= 11 is 18.7. The predicted octanol–water partition coefficient (Wildman–Crippen LogP) is 7.14. The smallest absolute Gasteiger partial charge is 0.123 e. The van der Waals surface area contributed by atoms with Crippen molar-refractivity contribution in [3.8, 4) is 0 Å². The average Bonchev–Trinajstić information content (AvgIpc) is 3.10. The Bertz CT molecular complexity index is 1000. The molecule has 0 radical (unpaired) electrons. The molecule has 1 unspecified atom stereocenters. The van der Waals surface area contributed by atoms with Gasteiger partial charge in [0.2, 0.25) is 0 Å². The summed E-state index contributed by atoms with van der Waals surface area (Å²) in [6, 6.07) is 19.4. The molecule has 136 valence electrons. The zero-order valence-corrected chi connectivity index (χ0v) is 16.3. The molecule has 4 rings (SSSR count). The minimum absolute atomic E-state index is 0.0710. The molecule has 6 heteroatoms. The summed E-state index contributed by atoms with van der Waals surface area (Å²) in [5.41, 5.74) is 3.50. The molecule has 0 saturated heterocycles. The van der Waals surface area contributed by atoms with Crippen molar-refractivity contribution in [2.24, 2.45) is 5.10 Å². The molecule has 1 heterocycles. The van der Waals surface area contributed by atoms with Crippen molar-refractivity contribution in [1.82, 2.24) is 0 Å². The molecule has 1 aliphatic rings. The Morgan fingerprint density at radius 2 is 1.59 bits per heavy atom. The lowest BCUT2D eigenvalue weighted by atomic mass is 9.98. The highest BCUT2D eigenvalue weighted by Crippen LogP contribution is 2.42. The third-order valence-electron chi connectivity index (χ3n) is 4.52. The van der Waals surface area contributed by atoms with E-state index < -0.39 is 0 Å². The largest absolute Gasteiger partial charge is 0.256 e. The molecule has 0 fully saturated rings. The Labute approximate surface area is 171 Å². The third-order valence-corrected chi connectivity index (χ3v) is 5.58. The Kier molecular flexibility index (Phi) is 5.09. The van der Waals surface area contributed by atoms with Crippen molar-refractivity contribution in [1.29, 1.82) is 0 Å². The van der Waals surface area contributed by atoms with E-state index in [4.69, 9.17) is 39.9 Å². The van der Waals surface area contributed by atoms with Crippen molar-refractivity contribution < 1.29 is 4.39 Å². The molecular weight excluding hydrogens is 406 g/mol. The van der Waals surface area contributed by atoms with Crippen LogP contribution in [-0.2, 0) is 0 Å². The first kappa shape index (κ1) is 18.3. The van der Waals surface area contributed by atoms with Gasteiger partial charge in [-0.05, 0) is 47.5 Å². The number of benzene rings is 3. The summed E-state index contributed by atoms with van der Waals surface area (Å²) in [6.07, 6.45) is 0.649. The van der Waals surface area contributed by atoms with Crippen molar-refractivity contribution in [3.05, 3.63) is 98.7 Å². The van der Waals surface area contributed by atoms with Gasteiger partial charge >= 0.3 is 0 Å². The van der Waals surface area contributed by atoms with Crippen LogP contribution in [0.5, 0.6) is 0 Å². The first-order chi connectivity index (χ1) is 13.0. The topological polar surface area (TPSA) is 15.6 Å². The summed E-state index contributed by atoms with van der Waals surface area (Å²) in [4.78, 5) is 0. The lowest BCUT2D eigenvalue weighted by Gasteiger charge is -2.25. The van der Waals surface area contributed by atoms with E-state index in [0.717, 1.165) is 22.5 Å². The van der Waals surface area contributed by atoms with Crippen LogP contribution in [0.25, 0.3) is 0 Å². The van der Waals surface area contributed by atoms with E-state index in [1.54, 1.807) is 18.2 Å². The maximum absolute atomic E-state index is 13.3. The van der Waals surface area contributed by atoms with Gasteiger partial charge in [-0.3, -0.25) is 5.01 Å². The Hall–Kier alpha value is -2.07. The fourth-order valence-corrected chi connectivity index (χ4v) is 3.67. The molecule has 0 aromatic heterocycles. The van der Waals surface area contributed by atoms with Crippen LogP contribution in [0.4, 0.5) is 10.1 Å². The summed E-state index contributed by atoms with van der Waals surface area (Å²) in [5.74, 6) is -0.277. The summed E-state index contributed by atoms with van der Waals surface area (Å²) in [7, 11) is 0. The van der Waals surface area contributed by atoms with E-state index in [0.29, 0.717) is 21.5 Å². The van der Waals surface area contributed by atoms with E-state index in [1.165, 1.54) is 12.1 Å². The standard InChI is InChI=1S/C21H14Cl3FN2/c22-15-8-4-14(5-9-15)20-12-18(13-6-10-16(25)11-7-13)26-27(20)19-3-1-2-17(23)21(19)24/h1-11,20H,12H2. The zero-order valence-electron chi connectivity index (χ0n) is 14.0. The highest BCUT2D eigenvalue weighted by molar-refractivity contribution is 6.43. The molecule has 3 aromatic rings. The molecular formula is C21H14Cl3FN2. The number of halogens is 4. The fraction of sp³-hybridized carbons (Fsp3) is 0.0952. The second-order valence-electron chi connectivity index (χ2n) is 6.24. The minimum Gasteiger partial charge on any atom is -0.256 e. The van der Waals surface area contributed by atoms with E-state index in [-0.39, 0.29) is 11.9 Å². The van der Waals surface area contributed by atoms with Gasteiger partial charge in [0, 0.05) is 11.4 Å². The van der Waals surface area contributed by atoms with Gasteiger partial charge in [0.05, 0.1) is 27.5 Å². The maximum atomic E-state index is 13.3. The Balaban J connectivity index is 1.79. The van der Waals surface area contributed by atoms with E-state index >= 15 is 0 Å². The van der Waals surface area contributed by atoms with Gasteiger partial charge in [-0.1, -0.05) is 65.1 Å². The molecule has 0 spiro atoms. The SMILES string of the molecule is Fc1ccc(C2=NN(c3cccc(Cl)c3Cl)C(c3ccc(Cl)cc3)C2)cc1. The number of anilines is 1. The van der Waals surface area contributed by atoms with Gasteiger partial charge in [0.25, 0.3) is 0 Å². The van der Waals surface area contributed by atoms with Crippen molar-refractivity contribution in [3.63, 3.8) is 0 Å². The molecule has 27 heavy (non-hydrogen) atoms. The maximum Gasteiger partial charge on any atom is 0.123 e. The number of hydrogen-bond acceptors (Lipinski definition) is 2. The lowest BCUT2D eigenvalue weighted by molar-refractivity contribution is 0.627. The van der Waals surface area contributed by atoms with Gasteiger partial charge in [0.15, 0.2) is 0 Å².